The smallest absolute Gasteiger partial charge is 0.245 e. The second kappa shape index (κ2) is 7.25. The van der Waals surface area contributed by atoms with Crippen molar-refractivity contribution in [1.82, 2.24) is 40.3 Å². The molecule has 23 heavy (non-hydrogen) atoms. The summed E-state index contributed by atoms with van der Waals surface area (Å²) in [7, 11) is 0. The molecule has 0 aliphatic heterocycles. The summed E-state index contributed by atoms with van der Waals surface area (Å²) >= 11 is 0. The van der Waals surface area contributed by atoms with E-state index in [1.165, 1.54) is 17.3 Å². The molecule has 0 aliphatic rings. The molecule has 1 atom stereocenters. The van der Waals surface area contributed by atoms with Gasteiger partial charge in [-0.3, -0.25) is 9.48 Å². The van der Waals surface area contributed by atoms with E-state index < -0.39 is 6.04 Å². The summed E-state index contributed by atoms with van der Waals surface area (Å²) in [4.78, 5) is 16.4. The van der Waals surface area contributed by atoms with Crippen LogP contribution in [0.15, 0.2) is 49.3 Å². The van der Waals surface area contributed by atoms with Crippen LogP contribution in [0.5, 0.6) is 0 Å². The molecule has 0 spiro atoms. The van der Waals surface area contributed by atoms with E-state index in [0.29, 0.717) is 19.5 Å². The lowest BCUT2D eigenvalue weighted by Gasteiger charge is -2.16. The maximum atomic E-state index is 12.5. The number of nitrogens with zero attached hydrogens (tertiary/aromatic N) is 7. The largest absolute Gasteiger partial charge is 0.352 e. The fraction of sp³-hybridized carbons (Fsp3) is 0.286. The zero-order valence-corrected chi connectivity index (χ0v) is 12.4. The number of amides is 1. The Balaban J connectivity index is 1.64. The van der Waals surface area contributed by atoms with E-state index in [0.717, 1.165) is 5.56 Å². The normalized spacial score (nSPS) is 12.0. The molecule has 9 heteroatoms. The van der Waals surface area contributed by atoms with Gasteiger partial charge in [0.1, 0.15) is 25.0 Å². The van der Waals surface area contributed by atoms with Crippen molar-refractivity contribution in [3.63, 3.8) is 0 Å². The summed E-state index contributed by atoms with van der Waals surface area (Å²) in [6, 6.07) is 9.26. The number of carbonyl (C=O) groups excluding carboxylic acids is 1. The topological polar surface area (TPSA) is 103 Å². The second-order valence-electron chi connectivity index (χ2n) is 4.94. The summed E-state index contributed by atoms with van der Waals surface area (Å²) in [5.74, 6) is -0.138. The van der Waals surface area contributed by atoms with Crippen LogP contribution in [0.4, 0.5) is 0 Å². The van der Waals surface area contributed by atoms with Gasteiger partial charge in [-0.15, -0.1) is 5.10 Å². The van der Waals surface area contributed by atoms with Gasteiger partial charge in [0.25, 0.3) is 0 Å². The number of tetrazole rings is 1. The van der Waals surface area contributed by atoms with Gasteiger partial charge in [-0.1, -0.05) is 30.3 Å². The van der Waals surface area contributed by atoms with E-state index in [-0.39, 0.29) is 5.91 Å². The van der Waals surface area contributed by atoms with Crippen molar-refractivity contribution in [2.75, 3.05) is 6.54 Å². The van der Waals surface area contributed by atoms with Crippen LogP contribution in [0.1, 0.15) is 11.6 Å². The molecule has 1 N–H and O–H groups in total. The lowest BCUT2D eigenvalue weighted by molar-refractivity contribution is -0.124. The Labute approximate surface area is 132 Å². The highest BCUT2D eigenvalue weighted by molar-refractivity contribution is 5.80. The van der Waals surface area contributed by atoms with Crippen LogP contribution in [0.25, 0.3) is 0 Å². The third-order valence-corrected chi connectivity index (χ3v) is 3.37. The van der Waals surface area contributed by atoms with Gasteiger partial charge in [0, 0.05) is 13.0 Å². The van der Waals surface area contributed by atoms with Crippen LogP contribution in [0, 0.1) is 0 Å². The molecule has 3 rings (SSSR count). The second-order valence-corrected chi connectivity index (χ2v) is 4.94. The van der Waals surface area contributed by atoms with Gasteiger partial charge in [-0.05, 0) is 16.0 Å². The molecule has 0 fully saturated rings. The lowest BCUT2D eigenvalue weighted by atomic mass is 10.1. The fourth-order valence-electron chi connectivity index (χ4n) is 2.21. The summed E-state index contributed by atoms with van der Waals surface area (Å²) in [5, 5.41) is 18.0. The molecule has 0 saturated heterocycles. The van der Waals surface area contributed by atoms with Crippen LogP contribution in [-0.4, -0.2) is 47.4 Å². The molecular weight excluding hydrogens is 296 g/mol. The van der Waals surface area contributed by atoms with Crippen molar-refractivity contribution < 1.29 is 4.79 Å². The Bertz CT molecular complexity index is 711. The molecule has 2 aromatic heterocycles. The van der Waals surface area contributed by atoms with E-state index >= 15 is 0 Å². The van der Waals surface area contributed by atoms with Gasteiger partial charge in [-0.2, -0.15) is 5.10 Å². The quantitative estimate of drug-likeness (QED) is 0.651. The first-order valence-electron chi connectivity index (χ1n) is 7.19. The van der Waals surface area contributed by atoms with Crippen molar-refractivity contribution in [2.24, 2.45) is 0 Å². The summed E-state index contributed by atoms with van der Waals surface area (Å²) < 4.78 is 3.13. The first-order valence-corrected chi connectivity index (χ1v) is 7.19. The number of hydrogen-bond donors (Lipinski definition) is 1. The number of hydrogen-bond acceptors (Lipinski definition) is 6. The first kappa shape index (κ1) is 14.8. The number of rotatable bonds is 7. The first-order chi connectivity index (χ1) is 11.3. The molecule has 0 unspecified atom stereocenters. The molecule has 0 bridgehead atoms. The molecular formula is C14H16N8O. The third-order valence-electron chi connectivity index (χ3n) is 3.37. The Hall–Kier alpha value is -3.10. The van der Waals surface area contributed by atoms with Gasteiger partial charge in [0.15, 0.2) is 0 Å². The molecule has 0 aliphatic carbocycles. The predicted molar refractivity (Wildman–Crippen MR) is 80.0 cm³/mol. The zero-order valence-electron chi connectivity index (χ0n) is 12.4. The lowest BCUT2D eigenvalue weighted by Crippen LogP contribution is -2.36. The summed E-state index contributed by atoms with van der Waals surface area (Å²) in [6.45, 7) is 1.01. The van der Waals surface area contributed by atoms with Crippen molar-refractivity contribution in [3.8, 4) is 0 Å². The zero-order chi connectivity index (χ0) is 15.9. The van der Waals surface area contributed by atoms with E-state index in [1.807, 2.05) is 30.3 Å². The monoisotopic (exact) mass is 312 g/mol. The van der Waals surface area contributed by atoms with E-state index in [9.17, 15) is 4.79 Å². The molecule has 0 saturated carbocycles. The van der Waals surface area contributed by atoms with Crippen LogP contribution in [-0.2, 0) is 17.8 Å². The number of aromatic nitrogens is 7. The minimum Gasteiger partial charge on any atom is -0.352 e. The van der Waals surface area contributed by atoms with Gasteiger partial charge < -0.3 is 5.32 Å². The van der Waals surface area contributed by atoms with Crippen molar-refractivity contribution >= 4 is 5.91 Å². The number of nitrogens with one attached hydrogen (secondary N) is 1. The van der Waals surface area contributed by atoms with E-state index in [2.05, 4.69) is 30.9 Å². The number of benzene rings is 1. The highest BCUT2D eigenvalue weighted by Gasteiger charge is 2.21. The van der Waals surface area contributed by atoms with E-state index in [1.54, 1.807) is 11.0 Å². The third kappa shape index (κ3) is 3.96. The van der Waals surface area contributed by atoms with Gasteiger partial charge in [-0.25, -0.2) is 9.67 Å². The number of carbonyl (C=O) groups is 1. The Kier molecular flexibility index (Phi) is 4.67. The minimum atomic E-state index is -0.497. The minimum absolute atomic E-state index is 0.138. The average molecular weight is 312 g/mol. The average Bonchev–Trinajstić information content (AvgIpc) is 3.27. The Morgan fingerprint density at radius 3 is 2.78 bits per heavy atom. The summed E-state index contributed by atoms with van der Waals surface area (Å²) in [5.41, 5.74) is 1.04. The van der Waals surface area contributed by atoms with E-state index in [4.69, 9.17) is 0 Å². The van der Waals surface area contributed by atoms with Crippen molar-refractivity contribution in [3.05, 3.63) is 54.9 Å². The SMILES string of the molecule is O=C(NCCn1cncn1)[C@@H](Cc1ccccc1)n1cnnn1. The van der Waals surface area contributed by atoms with Gasteiger partial charge >= 0.3 is 0 Å². The Morgan fingerprint density at radius 1 is 1.22 bits per heavy atom. The van der Waals surface area contributed by atoms with Crippen LogP contribution in [0.2, 0.25) is 0 Å². The standard InChI is InChI=1S/C14H16N8O/c23-14(16-6-7-21-10-15-9-18-21)13(22-11-17-19-20-22)8-12-4-2-1-3-5-12/h1-5,9-11,13H,6-8H2,(H,16,23)/t13-/m1/s1. The predicted octanol–water partition coefficient (Wildman–Crippen LogP) is -0.135. The Morgan fingerprint density at radius 2 is 2.09 bits per heavy atom. The molecule has 9 nitrogen and oxygen atoms in total. The molecule has 1 aromatic carbocycles. The van der Waals surface area contributed by atoms with Gasteiger partial charge in [0.2, 0.25) is 5.91 Å². The van der Waals surface area contributed by atoms with Crippen molar-refractivity contribution in [1.29, 1.82) is 0 Å². The van der Waals surface area contributed by atoms with Crippen LogP contribution >= 0.6 is 0 Å². The summed E-state index contributed by atoms with van der Waals surface area (Å²) in [6.07, 6.45) is 5.03. The van der Waals surface area contributed by atoms with Gasteiger partial charge in [0.05, 0.1) is 6.54 Å². The highest BCUT2D eigenvalue weighted by Crippen LogP contribution is 2.13. The fourth-order valence-corrected chi connectivity index (χ4v) is 2.21. The molecule has 118 valence electrons. The van der Waals surface area contributed by atoms with Crippen LogP contribution in [0.3, 0.4) is 0 Å². The maximum absolute atomic E-state index is 12.5. The van der Waals surface area contributed by atoms with Crippen molar-refractivity contribution in [2.45, 2.75) is 19.0 Å². The molecule has 3 aromatic rings. The molecule has 0 radical (unpaired) electrons. The van der Waals surface area contributed by atoms with Crippen LogP contribution < -0.4 is 5.32 Å². The molecule has 1 amide bonds. The maximum Gasteiger partial charge on any atom is 0.245 e. The molecule has 2 heterocycles. The highest BCUT2D eigenvalue weighted by atomic mass is 16.2.